The van der Waals surface area contributed by atoms with Gasteiger partial charge in [-0.1, -0.05) is 39.0 Å². The second kappa shape index (κ2) is 6.38. The number of amides is 2. The molecule has 0 saturated carbocycles. The molecule has 2 atom stereocenters. The van der Waals surface area contributed by atoms with Gasteiger partial charge in [0.15, 0.2) is 0 Å². The molecule has 1 aromatic rings. The van der Waals surface area contributed by atoms with Crippen LogP contribution in [-0.2, 0) is 9.59 Å². The molecule has 120 valence electrons. The number of hydrogen-bond donors (Lipinski definition) is 2. The zero-order valence-corrected chi connectivity index (χ0v) is 13.5. The van der Waals surface area contributed by atoms with Crippen LogP contribution in [0.5, 0.6) is 0 Å². The largest absolute Gasteiger partial charge is 0.373 e. The van der Waals surface area contributed by atoms with E-state index in [0.29, 0.717) is 13.0 Å². The Morgan fingerprint density at radius 2 is 1.91 bits per heavy atom. The van der Waals surface area contributed by atoms with Crippen LogP contribution in [0.25, 0.3) is 0 Å². The third kappa shape index (κ3) is 3.59. The van der Waals surface area contributed by atoms with E-state index in [-0.39, 0.29) is 11.3 Å². The standard InChI is InChI=1S/C17H25N3O2/c1-17(2,3)14(19-12-8-5-4-6-9-12)16(22)20-11-7-10-13(20)15(18)21/h4-6,8-9,13-14,19H,7,10-11H2,1-3H3,(H2,18,21)/t13-,14+/m0/s1. The van der Waals surface area contributed by atoms with E-state index in [4.69, 9.17) is 5.73 Å². The summed E-state index contributed by atoms with van der Waals surface area (Å²) in [5, 5.41) is 3.31. The quantitative estimate of drug-likeness (QED) is 0.893. The summed E-state index contributed by atoms with van der Waals surface area (Å²) in [5.74, 6) is -0.476. The van der Waals surface area contributed by atoms with E-state index >= 15 is 0 Å². The molecule has 1 fully saturated rings. The smallest absolute Gasteiger partial charge is 0.246 e. The predicted octanol–water partition coefficient (Wildman–Crippen LogP) is 1.99. The molecule has 0 bridgehead atoms. The molecule has 1 aromatic carbocycles. The number of carbonyl (C=O) groups excluding carboxylic acids is 2. The van der Waals surface area contributed by atoms with Crippen LogP contribution in [0, 0.1) is 5.41 Å². The first-order chi connectivity index (χ1) is 10.3. The molecule has 1 aliphatic heterocycles. The SMILES string of the molecule is CC(C)(C)[C@H](Nc1ccccc1)C(=O)N1CCC[C@H]1C(N)=O. The summed E-state index contributed by atoms with van der Waals surface area (Å²) in [5.41, 5.74) is 6.05. The van der Waals surface area contributed by atoms with Crippen molar-refractivity contribution in [3.63, 3.8) is 0 Å². The van der Waals surface area contributed by atoms with E-state index in [0.717, 1.165) is 12.1 Å². The minimum absolute atomic E-state index is 0.0577. The van der Waals surface area contributed by atoms with Gasteiger partial charge in [-0.2, -0.15) is 0 Å². The van der Waals surface area contributed by atoms with Crippen molar-refractivity contribution in [1.82, 2.24) is 4.90 Å². The molecule has 0 spiro atoms. The first kappa shape index (κ1) is 16.3. The van der Waals surface area contributed by atoms with Gasteiger partial charge >= 0.3 is 0 Å². The maximum Gasteiger partial charge on any atom is 0.246 e. The molecular formula is C17H25N3O2. The molecule has 5 nitrogen and oxygen atoms in total. The number of anilines is 1. The Kier molecular flexibility index (Phi) is 4.74. The minimum Gasteiger partial charge on any atom is -0.373 e. The van der Waals surface area contributed by atoms with Crippen molar-refractivity contribution in [2.45, 2.75) is 45.7 Å². The number of primary amides is 1. The predicted molar refractivity (Wildman–Crippen MR) is 87.2 cm³/mol. The summed E-state index contributed by atoms with van der Waals surface area (Å²) in [6.07, 6.45) is 1.48. The fourth-order valence-corrected chi connectivity index (χ4v) is 2.84. The lowest BCUT2D eigenvalue weighted by Gasteiger charge is -2.35. The Morgan fingerprint density at radius 3 is 2.45 bits per heavy atom. The number of nitrogens with zero attached hydrogens (tertiary/aromatic N) is 1. The molecule has 0 aliphatic carbocycles. The van der Waals surface area contributed by atoms with E-state index in [2.05, 4.69) is 5.32 Å². The van der Waals surface area contributed by atoms with Crippen LogP contribution in [0.3, 0.4) is 0 Å². The molecule has 1 heterocycles. The van der Waals surface area contributed by atoms with Gasteiger partial charge in [0.1, 0.15) is 12.1 Å². The zero-order chi connectivity index (χ0) is 16.3. The van der Waals surface area contributed by atoms with Gasteiger partial charge in [-0.25, -0.2) is 0 Å². The highest BCUT2D eigenvalue weighted by Gasteiger charge is 2.40. The summed E-state index contributed by atoms with van der Waals surface area (Å²) in [6.45, 7) is 6.64. The fourth-order valence-electron chi connectivity index (χ4n) is 2.84. The molecule has 0 unspecified atom stereocenters. The van der Waals surface area contributed by atoms with E-state index in [9.17, 15) is 9.59 Å². The third-order valence-electron chi connectivity index (χ3n) is 4.06. The van der Waals surface area contributed by atoms with Gasteiger partial charge in [0.05, 0.1) is 0 Å². The molecular weight excluding hydrogens is 278 g/mol. The molecule has 0 radical (unpaired) electrons. The monoisotopic (exact) mass is 303 g/mol. The van der Waals surface area contributed by atoms with Crippen LogP contribution in [0.4, 0.5) is 5.69 Å². The third-order valence-corrected chi connectivity index (χ3v) is 4.06. The number of nitrogens with one attached hydrogen (secondary N) is 1. The number of likely N-dealkylation sites (tertiary alicyclic amines) is 1. The van der Waals surface area contributed by atoms with Crippen molar-refractivity contribution < 1.29 is 9.59 Å². The molecule has 0 aromatic heterocycles. The number of rotatable bonds is 4. The Labute approximate surface area is 131 Å². The molecule has 22 heavy (non-hydrogen) atoms. The Balaban J connectivity index is 2.22. The summed E-state index contributed by atoms with van der Waals surface area (Å²) >= 11 is 0. The summed E-state index contributed by atoms with van der Waals surface area (Å²) in [6, 6.07) is 8.76. The van der Waals surface area contributed by atoms with Crippen LogP contribution in [0.1, 0.15) is 33.6 Å². The van der Waals surface area contributed by atoms with Crippen molar-refractivity contribution in [2.75, 3.05) is 11.9 Å². The lowest BCUT2D eigenvalue weighted by molar-refractivity contribution is -0.139. The van der Waals surface area contributed by atoms with Crippen LogP contribution in [-0.4, -0.2) is 35.3 Å². The second-order valence-electron chi connectivity index (χ2n) is 6.90. The zero-order valence-electron chi connectivity index (χ0n) is 13.5. The number of carbonyl (C=O) groups is 2. The van der Waals surface area contributed by atoms with Crippen LogP contribution < -0.4 is 11.1 Å². The van der Waals surface area contributed by atoms with Gasteiger partial charge in [-0.3, -0.25) is 9.59 Å². The molecule has 1 aliphatic rings. The summed E-state index contributed by atoms with van der Waals surface area (Å²) in [7, 11) is 0. The van der Waals surface area contributed by atoms with E-state index < -0.39 is 18.0 Å². The maximum absolute atomic E-state index is 13.0. The van der Waals surface area contributed by atoms with Gasteiger partial charge in [-0.05, 0) is 30.4 Å². The van der Waals surface area contributed by atoms with Gasteiger partial charge in [0, 0.05) is 12.2 Å². The highest BCUT2D eigenvalue weighted by Crippen LogP contribution is 2.28. The second-order valence-corrected chi connectivity index (χ2v) is 6.90. The fraction of sp³-hybridized carbons (Fsp3) is 0.529. The lowest BCUT2D eigenvalue weighted by atomic mass is 9.85. The van der Waals surface area contributed by atoms with Crippen molar-refractivity contribution in [3.05, 3.63) is 30.3 Å². The first-order valence-corrected chi connectivity index (χ1v) is 7.72. The van der Waals surface area contributed by atoms with Crippen molar-refractivity contribution >= 4 is 17.5 Å². The van der Waals surface area contributed by atoms with Crippen LogP contribution in [0.2, 0.25) is 0 Å². The maximum atomic E-state index is 13.0. The highest BCUT2D eigenvalue weighted by atomic mass is 16.2. The van der Waals surface area contributed by atoms with E-state index in [1.54, 1.807) is 4.90 Å². The molecule has 2 rings (SSSR count). The molecule has 1 saturated heterocycles. The van der Waals surface area contributed by atoms with E-state index in [1.165, 1.54) is 0 Å². The Hall–Kier alpha value is -2.04. The van der Waals surface area contributed by atoms with Crippen LogP contribution in [0.15, 0.2) is 30.3 Å². The van der Waals surface area contributed by atoms with Gasteiger partial charge in [0.25, 0.3) is 0 Å². The van der Waals surface area contributed by atoms with Crippen molar-refractivity contribution in [3.8, 4) is 0 Å². The minimum atomic E-state index is -0.477. The highest BCUT2D eigenvalue weighted by molar-refractivity contribution is 5.91. The number of hydrogen-bond acceptors (Lipinski definition) is 3. The molecule has 2 amide bonds. The number of para-hydroxylation sites is 1. The van der Waals surface area contributed by atoms with Gasteiger partial charge < -0.3 is 16.0 Å². The average molecular weight is 303 g/mol. The Morgan fingerprint density at radius 1 is 1.27 bits per heavy atom. The van der Waals surface area contributed by atoms with Gasteiger partial charge in [-0.15, -0.1) is 0 Å². The topological polar surface area (TPSA) is 75.4 Å². The van der Waals surface area contributed by atoms with E-state index in [1.807, 2.05) is 51.1 Å². The number of benzene rings is 1. The Bertz CT molecular complexity index is 537. The first-order valence-electron chi connectivity index (χ1n) is 7.72. The normalized spacial score (nSPS) is 19.8. The average Bonchev–Trinajstić information content (AvgIpc) is 2.93. The summed E-state index contributed by atoms with van der Waals surface area (Å²) < 4.78 is 0. The summed E-state index contributed by atoms with van der Waals surface area (Å²) in [4.78, 5) is 26.2. The number of nitrogens with two attached hydrogens (primary N) is 1. The van der Waals surface area contributed by atoms with Gasteiger partial charge in [0.2, 0.25) is 11.8 Å². The molecule has 3 N–H and O–H groups in total. The van der Waals surface area contributed by atoms with Crippen molar-refractivity contribution in [2.24, 2.45) is 11.1 Å². The lowest BCUT2D eigenvalue weighted by Crippen LogP contribution is -2.53. The van der Waals surface area contributed by atoms with Crippen LogP contribution >= 0.6 is 0 Å². The van der Waals surface area contributed by atoms with Crippen molar-refractivity contribution in [1.29, 1.82) is 0 Å². The molecule has 5 heteroatoms.